The summed E-state index contributed by atoms with van der Waals surface area (Å²) in [6, 6.07) is 15.9. The Bertz CT molecular complexity index is 2320. The number of likely N-dealkylation sites (tertiary alicyclic amines) is 1. The first-order valence-corrected chi connectivity index (χ1v) is 19.2. The van der Waals surface area contributed by atoms with Crippen molar-refractivity contribution in [1.29, 1.82) is 5.26 Å². The number of ether oxygens (including phenoxy) is 1. The average molecular weight is 736 g/mol. The first-order chi connectivity index (χ1) is 25.3. The second kappa shape index (κ2) is 12.2. The second-order valence-electron chi connectivity index (χ2n) is 15.4. The summed E-state index contributed by atoms with van der Waals surface area (Å²) < 4.78 is 26.4. The molecule has 11 heteroatoms. The number of carbonyl (C=O) groups excluding carboxylic acids is 1. The molecule has 8 nitrogen and oxygen atoms in total. The number of benzene rings is 2. The molecule has 1 amide bonds. The number of piperidine rings is 1. The van der Waals surface area contributed by atoms with Gasteiger partial charge in [-0.05, 0) is 80.8 Å². The first kappa shape index (κ1) is 32.4. The topological polar surface area (TPSA) is 96.1 Å². The number of nitriles is 1. The molecule has 3 aliphatic carbocycles. The van der Waals surface area contributed by atoms with E-state index in [9.17, 15) is 10.1 Å². The van der Waals surface area contributed by atoms with Crippen LogP contribution >= 0.6 is 23.2 Å². The zero-order chi connectivity index (χ0) is 35.4. The van der Waals surface area contributed by atoms with Gasteiger partial charge in [0.1, 0.15) is 17.4 Å². The summed E-state index contributed by atoms with van der Waals surface area (Å²) in [4.78, 5) is 25.6. The molecule has 7 atom stereocenters. The van der Waals surface area contributed by atoms with Crippen molar-refractivity contribution in [1.82, 2.24) is 24.8 Å². The van der Waals surface area contributed by atoms with Gasteiger partial charge in [0.25, 0.3) is 0 Å². The number of hydrogen-bond donors (Lipinski definition) is 1. The molecule has 0 spiro atoms. The Labute approximate surface area is 310 Å². The Balaban J connectivity index is 1.21. The van der Waals surface area contributed by atoms with Crippen LogP contribution in [0.4, 0.5) is 4.39 Å². The molecule has 4 bridgehead atoms. The van der Waals surface area contributed by atoms with Crippen LogP contribution in [0.1, 0.15) is 67.6 Å². The minimum atomic E-state index is -0.473. The number of aromatic nitrogens is 3. The van der Waals surface area contributed by atoms with Gasteiger partial charge in [-0.25, -0.2) is 9.37 Å². The van der Waals surface area contributed by atoms with Crippen LogP contribution in [0.25, 0.3) is 32.9 Å². The van der Waals surface area contributed by atoms with Gasteiger partial charge in [-0.15, -0.1) is 0 Å². The Morgan fingerprint density at radius 3 is 2.73 bits per heavy atom. The molecule has 6 heterocycles. The molecule has 52 heavy (non-hydrogen) atoms. The Morgan fingerprint density at radius 2 is 2.00 bits per heavy atom. The summed E-state index contributed by atoms with van der Waals surface area (Å²) >= 11 is 13.1. The number of halogens is 3. The molecule has 6 aliphatic rings. The molecule has 3 aromatic heterocycles. The van der Waals surface area contributed by atoms with E-state index in [1.54, 1.807) is 30.6 Å². The molecule has 2 aromatic carbocycles. The zero-order valence-corrected chi connectivity index (χ0v) is 30.2. The number of nitrogens with zero attached hydrogens (tertiary/aromatic N) is 5. The maximum atomic E-state index is 17.3. The van der Waals surface area contributed by atoms with Gasteiger partial charge in [0.05, 0.1) is 39.9 Å². The van der Waals surface area contributed by atoms with Crippen molar-refractivity contribution in [3.8, 4) is 22.9 Å². The highest BCUT2D eigenvalue weighted by Gasteiger charge is 2.58. The lowest BCUT2D eigenvalue weighted by Crippen LogP contribution is -2.48. The van der Waals surface area contributed by atoms with Gasteiger partial charge in [0.15, 0.2) is 5.82 Å². The van der Waals surface area contributed by atoms with Crippen LogP contribution in [0.3, 0.4) is 0 Å². The van der Waals surface area contributed by atoms with Crippen molar-refractivity contribution in [2.75, 3.05) is 6.54 Å². The van der Waals surface area contributed by atoms with Crippen LogP contribution in [0, 0.1) is 41.8 Å². The first-order valence-electron chi connectivity index (χ1n) is 18.4. The molecule has 6 fully saturated rings. The molecule has 3 aliphatic heterocycles. The average Bonchev–Trinajstić information content (AvgIpc) is 3.51. The van der Waals surface area contributed by atoms with Crippen molar-refractivity contribution >= 4 is 50.9 Å². The lowest BCUT2D eigenvalue weighted by Gasteiger charge is -2.43. The molecule has 5 aromatic rings. The monoisotopic (exact) mass is 734 g/mol. The molecule has 3 saturated heterocycles. The van der Waals surface area contributed by atoms with Crippen LogP contribution in [0.2, 0.25) is 10.0 Å². The minimum Gasteiger partial charge on any atom is -0.488 e. The van der Waals surface area contributed by atoms with Gasteiger partial charge < -0.3 is 19.5 Å². The number of fused-ring (bicyclic) bond motifs is 6. The fraction of sp³-hybridized carbons (Fsp3) is 0.415. The van der Waals surface area contributed by atoms with Crippen LogP contribution in [0.5, 0.6) is 5.75 Å². The number of pyridine rings is 2. The van der Waals surface area contributed by atoms with E-state index in [0.29, 0.717) is 39.4 Å². The molecule has 0 unspecified atom stereocenters. The number of rotatable bonds is 8. The van der Waals surface area contributed by atoms with Crippen molar-refractivity contribution in [3.05, 3.63) is 87.7 Å². The van der Waals surface area contributed by atoms with Crippen molar-refractivity contribution in [3.63, 3.8) is 0 Å². The quantitative estimate of drug-likeness (QED) is 0.172. The van der Waals surface area contributed by atoms with Gasteiger partial charge in [0.2, 0.25) is 5.91 Å². The predicted molar refractivity (Wildman–Crippen MR) is 198 cm³/mol. The molecule has 264 valence electrons. The molecular weight excluding hydrogens is 698 g/mol. The highest BCUT2D eigenvalue weighted by atomic mass is 35.5. The number of carbonyl (C=O) groups is 1. The highest BCUT2D eigenvalue weighted by molar-refractivity contribution is 6.43. The van der Waals surface area contributed by atoms with E-state index in [-0.39, 0.29) is 65.0 Å². The summed E-state index contributed by atoms with van der Waals surface area (Å²) in [5.74, 6) is 1.10. The fourth-order valence-corrected chi connectivity index (χ4v) is 10.4. The number of nitrogens with one attached hydrogen (secondary N) is 1. The fourth-order valence-electron chi connectivity index (χ4n) is 10.0. The van der Waals surface area contributed by atoms with E-state index in [2.05, 4.69) is 31.9 Å². The normalized spacial score (nSPS) is 27.4. The number of amides is 1. The Kier molecular flexibility index (Phi) is 7.58. The highest BCUT2D eigenvalue weighted by Crippen LogP contribution is 2.57. The largest absolute Gasteiger partial charge is 0.488 e. The van der Waals surface area contributed by atoms with Crippen LogP contribution < -0.4 is 10.1 Å². The van der Waals surface area contributed by atoms with E-state index in [1.165, 1.54) is 0 Å². The molecule has 11 rings (SSSR count). The van der Waals surface area contributed by atoms with Crippen molar-refractivity contribution < 1.29 is 13.9 Å². The number of hydrogen-bond acceptors (Lipinski definition) is 6. The van der Waals surface area contributed by atoms with Gasteiger partial charge in [-0.2, -0.15) is 5.26 Å². The third-order valence-electron chi connectivity index (χ3n) is 12.5. The van der Waals surface area contributed by atoms with Gasteiger partial charge in [-0.1, -0.05) is 35.3 Å². The Hall–Kier alpha value is -4.23. The Morgan fingerprint density at radius 1 is 1.13 bits per heavy atom. The molecule has 3 saturated carbocycles. The lowest BCUT2D eigenvalue weighted by molar-refractivity contribution is -0.138. The lowest BCUT2D eigenvalue weighted by atomic mass is 9.79. The number of aryl methyl sites for hydroxylation is 2. The summed E-state index contributed by atoms with van der Waals surface area (Å²) in [5, 5.41) is 15.6. The van der Waals surface area contributed by atoms with E-state index < -0.39 is 5.82 Å². The molecule has 1 N–H and O–H groups in total. The summed E-state index contributed by atoms with van der Waals surface area (Å²) in [7, 11) is 0. The third-order valence-corrected chi connectivity index (χ3v) is 13.3. The van der Waals surface area contributed by atoms with Crippen molar-refractivity contribution in [2.24, 2.45) is 17.8 Å². The van der Waals surface area contributed by atoms with Gasteiger partial charge >= 0.3 is 0 Å². The van der Waals surface area contributed by atoms with E-state index >= 15 is 4.39 Å². The van der Waals surface area contributed by atoms with Crippen molar-refractivity contribution in [2.45, 2.75) is 82.1 Å². The standard InChI is InChI=1S/C41H37Cl2FN6O2/c1-20-27-17-32(40-28-15-24(49(40)41(51)21-9-10-21)16-33(28)52-25-6-4-12-46-19-25)50(38-23-14-31(38)47-18-23)39(27)29-13-22(5-3-11-45)34(36(44)37(29)48-20)26-7-2-8-30(42)35(26)43/h2,4,6-8,12-13,17,19,21,23-24,28,31,33,38,40,47H,3,5,9-10,14-16,18H2,1H3/t23-,24-,28+,31-,33+,38+,40-/m1/s1. The molecular formula is C41H37Cl2FN6O2. The van der Waals surface area contributed by atoms with Gasteiger partial charge in [-0.3, -0.25) is 9.78 Å². The van der Waals surface area contributed by atoms with E-state index in [0.717, 1.165) is 66.7 Å². The summed E-state index contributed by atoms with van der Waals surface area (Å²) in [6.07, 6.45) is 8.60. The minimum absolute atomic E-state index is 0.0684. The second-order valence-corrected chi connectivity index (χ2v) is 16.2. The van der Waals surface area contributed by atoms with Crippen LogP contribution in [-0.2, 0) is 11.2 Å². The maximum absolute atomic E-state index is 17.3. The van der Waals surface area contributed by atoms with Crippen LogP contribution in [0.15, 0.2) is 54.9 Å². The van der Waals surface area contributed by atoms with Gasteiger partial charge in [0, 0.05) is 82.8 Å². The van der Waals surface area contributed by atoms with Crippen LogP contribution in [-0.4, -0.2) is 50.1 Å². The predicted octanol–water partition coefficient (Wildman–Crippen LogP) is 8.51. The summed E-state index contributed by atoms with van der Waals surface area (Å²) in [6.45, 7) is 2.87. The zero-order valence-electron chi connectivity index (χ0n) is 28.7. The maximum Gasteiger partial charge on any atom is 0.226 e. The molecule has 0 radical (unpaired) electrons. The summed E-state index contributed by atoms with van der Waals surface area (Å²) in [5.41, 5.74) is 4.50. The van der Waals surface area contributed by atoms with E-state index in [4.69, 9.17) is 32.9 Å². The SMILES string of the molecule is Cc1nc2c(F)c(-c3cccc(Cl)c3Cl)c(CCC#N)cc2c2c1cc([C@H]1[C@H]3C[C@H](C[C@@H]3Oc3cccnc3)N1C(=O)C1CC1)n2[C@H]1[C@H]2CN[C@@H]1C2. The third kappa shape index (κ3) is 4.83. The smallest absolute Gasteiger partial charge is 0.226 e. The van der Waals surface area contributed by atoms with E-state index in [1.807, 2.05) is 25.1 Å².